The number of aryl methyl sites for hydroxylation is 1. The summed E-state index contributed by atoms with van der Waals surface area (Å²) in [5.41, 5.74) is 0.0895. The van der Waals surface area contributed by atoms with Gasteiger partial charge >= 0.3 is 5.69 Å². The Morgan fingerprint density at radius 3 is 2.89 bits per heavy atom. The van der Waals surface area contributed by atoms with Crippen molar-refractivity contribution in [2.24, 2.45) is 0 Å². The molecule has 0 aromatic carbocycles. The molecule has 2 aromatic rings. The van der Waals surface area contributed by atoms with Crippen LogP contribution in [0.4, 0.5) is 5.69 Å². The smallest absolute Gasteiger partial charge is 0.301 e. The minimum atomic E-state index is -0.526. The largest absolute Gasteiger partial charge is 0.301 e. The zero-order chi connectivity index (χ0) is 13.1. The number of aromatic amines is 1. The van der Waals surface area contributed by atoms with Crippen LogP contribution in [0.15, 0.2) is 39.5 Å². The van der Waals surface area contributed by atoms with Gasteiger partial charge in [-0.25, -0.2) is 9.97 Å². The van der Waals surface area contributed by atoms with Gasteiger partial charge in [0.25, 0.3) is 5.56 Å². The van der Waals surface area contributed by atoms with Crippen molar-refractivity contribution in [3.8, 4) is 0 Å². The van der Waals surface area contributed by atoms with Gasteiger partial charge in [0.05, 0.1) is 4.92 Å². The Kier molecular flexibility index (Phi) is 3.38. The lowest BCUT2D eigenvalue weighted by molar-refractivity contribution is -0.388. The van der Waals surface area contributed by atoms with E-state index < -0.39 is 4.92 Å². The Bertz CT molecular complexity index is 656. The van der Waals surface area contributed by atoms with Crippen molar-refractivity contribution >= 4 is 17.4 Å². The predicted molar refractivity (Wildman–Crippen MR) is 64.6 cm³/mol. The summed E-state index contributed by atoms with van der Waals surface area (Å²) in [7, 11) is 0. The van der Waals surface area contributed by atoms with Crippen LogP contribution in [-0.4, -0.2) is 19.9 Å². The van der Waals surface area contributed by atoms with Crippen LogP contribution in [-0.2, 0) is 0 Å². The van der Waals surface area contributed by atoms with Crippen molar-refractivity contribution in [1.82, 2.24) is 15.0 Å². The minimum Gasteiger partial charge on any atom is -0.301 e. The average molecular weight is 264 g/mol. The highest BCUT2D eigenvalue weighted by Crippen LogP contribution is 2.29. The van der Waals surface area contributed by atoms with E-state index in [1.54, 1.807) is 6.92 Å². The first kappa shape index (κ1) is 12.2. The molecule has 7 nitrogen and oxygen atoms in total. The minimum absolute atomic E-state index is 0.120. The normalized spacial score (nSPS) is 10.3. The summed E-state index contributed by atoms with van der Waals surface area (Å²) >= 11 is 0.946. The summed E-state index contributed by atoms with van der Waals surface area (Å²) in [6.07, 6.45) is 2.86. The standard InChI is InChI=1S/C10H8N4O3S/c1-6-5-12-10(13-8(6)15)18-9-7(14(16)17)3-2-4-11-9/h2-5H,1H3,(H,12,13,15). The molecule has 2 rings (SSSR count). The molecule has 0 amide bonds. The molecule has 0 radical (unpaired) electrons. The molecule has 0 aliphatic rings. The third-order valence-electron chi connectivity index (χ3n) is 2.10. The van der Waals surface area contributed by atoms with E-state index in [1.165, 1.54) is 24.5 Å². The van der Waals surface area contributed by atoms with Gasteiger partial charge in [-0.3, -0.25) is 14.9 Å². The first-order chi connectivity index (χ1) is 8.58. The van der Waals surface area contributed by atoms with Crippen LogP contribution < -0.4 is 5.56 Å². The molecule has 0 saturated heterocycles. The quantitative estimate of drug-likeness (QED) is 0.512. The maximum Gasteiger partial charge on any atom is 0.301 e. The molecule has 0 aliphatic heterocycles. The molecule has 2 heterocycles. The van der Waals surface area contributed by atoms with E-state index in [1.807, 2.05) is 0 Å². The van der Waals surface area contributed by atoms with Crippen molar-refractivity contribution in [1.29, 1.82) is 0 Å². The van der Waals surface area contributed by atoms with Gasteiger partial charge in [0.2, 0.25) is 0 Å². The van der Waals surface area contributed by atoms with Gasteiger partial charge in [0.15, 0.2) is 10.2 Å². The second kappa shape index (κ2) is 4.96. The third-order valence-corrected chi connectivity index (χ3v) is 3.00. The van der Waals surface area contributed by atoms with Crippen LogP contribution in [0.2, 0.25) is 0 Å². The van der Waals surface area contributed by atoms with E-state index in [9.17, 15) is 14.9 Å². The Morgan fingerprint density at radius 1 is 1.44 bits per heavy atom. The Morgan fingerprint density at radius 2 is 2.22 bits per heavy atom. The van der Waals surface area contributed by atoms with E-state index in [0.29, 0.717) is 5.56 Å². The highest BCUT2D eigenvalue weighted by atomic mass is 32.2. The van der Waals surface area contributed by atoms with E-state index in [0.717, 1.165) is 11.8 Å². The molecule has 1 N–H and O–H groups in total. The number of nitrogens with zero attached hydrogens (tertiary/aromatic N) is 3. The molecule has 2 aromatic heterocycles. The van der Waals surface area contributed by atoms with Gasteiger partial charge in [-0.15, -0.1) is 0 Å². The third kappa shape index (κ3) is 2.54. The van der Waals surface area contributed by atoms with Crippen LogP contribution in [0.5, 0.6) is 0 Å². The lowest BCUT2D eigenvalue weighted by atomic mass is 10.4. The molecule has 92 valence electrons. The number of H-pyrrole nitrogens is 1. The summed E-state index contributed by atoms with van der Waals surface area (Å²) in [4.78, 5) is 32.1. The second-order valence-corrected chi connectivity index (χ2v) is 4.36. The Balaban J connectivity index is 2.37. The van der Waals surface area contributed by atoms with Crippen molar-refractivity contribution in [3.63, 3.8) is 0 Å². The van der Waals surface area contributed by atoms with E-state index in [4.69, 9.17) is 0 Å². The van der Waals surface area contributed by atoms with Crippen molar-refractivity contribution in [2.75, 3.05) is 0 Å². The molecule has 0 atom stereocenters. The van der Waals surface area contributed by atoms with Crippen LogP contribution in [0.3, 0.4) is 0 Å². The second-order valence-electron chi connectivity index (χ2n) is 3.39. The number of nitro groups is 1. The summed E-state index contributed by atoms with van der Waals surface area (Å²) in [5, 5.41) is 11.3. The zero-order valence-electron chi connectivity index (χ0n) is 9.28. The van der Waals surface area contributed by atoms with Gasteiger partial charge in [0.1, 0.15) is 0 Å². The van der Waals surface area contributed by atoms with Crippen LogP contribution in [0.1, 0.15) is 5.56 Å². The number of hydrogen-bond donors (Lipinski definition) is 1. The molecule has 8 heteroatoms. The van der Waals surface area contributed by atoms with Crippen molar-refractivity contribution in [2.45, 2.75) is 17.1 Å². The lowest BCUT2D eigenvalue weighted by Crippen LogP contribution is -2.10. The summed E-state index contributed by atoms with van der Waals surface area (Å²) in [5.74, 6) is 0. The maximum atomic E-state index is 11.4. The molecule has 0 bridgehead atoms. The van der Waals surface area contributed by atoms with Gasteiger partial charge in [0, 0.05) is 24.0 Å². The number of pyridine rings is 1. The van der Waals surface area contributed by atoms with Crippen LogP contribution >= 0.6 is 11.8 Å². The highest BCUT2D eigenvalue weighted by molar-refractivity contribution is 7.99. The fourth-order valence-electron chi connectivity index (χ4n) is 1.19. The van der Waals surface area contributed by atoms with E-state index in [2.05, 4.69) is 15.0 Å². The first-order valence-corrected chi connectivity index (χ1v) is 5.73. The Labute approximate surface area is 105 Å². The molecule has 18 heavy (non-hydrogen) atoms. The molecular formula is C10H8N4O3S. The lowest BCUT2D eigenvalue weighted by Gasteiger charge is -2.01. The average Bonchev–Trinajstić information content (AvgIpc) is 2.34. The van der Waals surface area contributed by atoms with Gasteiger partial charge in [-0.2, -0.15) is 0 Å². The molecule has 0 spiro atoms. The van der Waals surface area contributed by atoms with Gasteiger partial charge in [-0.1, -0.05) is 0 Å². The number of aromatic nitrogens is 3. The SMILES string of the molecule is Cc1cnc(Sc2ncccc2[N+](=O)[O-])[nH]c1=O. The van der Waals surface area contributed by atoms with Gasteiger partial charge < -0.3 is 4.98 Å². The van der Waals surface area contributed by atoms with Crippen molar-refractivity contribution in [3.05, 3.63) is 50.6 Å². The highest BCUT2D eigenvalue weighted by Gasteiger charge is 2.16. The summed E-state index contributed by atoms with van der Waals surface area (Å²) in [6, 6.07) is 2.83. The Hall–Kier alpha value is -2.22. The fourth-order valence-corrected chi connectivity index (χ4v) is 1.98. The topological polar surface area (TPSA) is 102 Å². The number of rotatable bonds is 3. The van der Waals surface area contributed by atoms with E-state index >= 15 is 0 Å². The van der Waals surface area contributed by atoms with Gasteiger partial charge in [-0.05, 0) is 24.8 Å². The first-order valence-electron chi connectivity index (χ1n) is 4.91. The molecule has 0 aliphatic carbocycles. The number of nitrogens with one attached hydrogen (secondary N) is 1. The molecule has 0 unspecified atom stereocenters. The fraction of sp³-hybridized carbons (Fsp3) is 0.100. The van der Waals surface area contributed by atoms with E-state index in [-0.39, 0.29) is 21.4 Å². The number of hydrogen-bond acceptors (Lipinski definition) is 6. The zero-order valence-corrected chi connectivity index (χ0v) is 10.1. The summed E-state index contributed by atoms with van der Waals surface area (Å²) < 4.78 is 0. The van der Waals surface area contributed by atoms with Crippen molar-refractivity contribution < 1.29 is 4.92 Å². The van der Waals surface area contributed by atoms with Crippen LogP contribution in [0, 0.1) is 17.0 Å². The summed E-state index contributed by atoms with van der Waals surface area (Å²) in [6.45, 7) is 1.63. The molecular weight excluding hydrogens is 256 g/mol. The van der Waals surface area contributed by atoms with Crippen LogP contribution in [0.25, 0.3) is 0 Å². The predicted octanol–water partition coefficient (Wildman–Crippen LogP) is 1.53. The maximum absolute atomic E-state index is 11.4. The monoisotopic (exact) mass is 264 g/mol. The molecule has 0 fully saturated rings. The molecule has 0 saturated carbocycles.